The lowest BCUT2D eigenvalue weighted by Gasteiger charge is -2.30. The lowest BCUT2D eigenvalue weighted by molar-refractivity contribution is -0.384. The fraction of sp³-hybridized carbons (Fsp3) is 0.429. The molecule has 9 nitrogen and oxygen atoms in total. The van der Waals surface area contributed by atoms with Crippen LogP contribution in [0, 0.1) is 16.0 Å². The highest BCUT2D eigenvalue weighted by Gasteiger charge is 2.29. The van der Waals surface area contributed by atoms with Crippen molar-refractivity contribution >= 4 is 35.6 Å². The molecule has 0 unspecified atom stereocenters. The Balaban J connectivity index is 0.00000208. The van der Waals surface area contributed by atoms with Crippen molar-refractivity contribution in [1.82, 2.24) is 10.6 Å². The molecule has 130 valence electrons. The van der Waals surface area contributed by atoms with Gasteiger partial charge in [-0.3, -0.25) is 24.6 Å². The van der Waals surface area contributed by atoms with Gasteiger partial charge in [0.1, 0.15) is 12.3 Å². The monoisotopic (exact) mass is 356 g/mol. The minimum absolute atomic E-state index is 0. The Morgan fingerprint density at radius 2 is 2.21 bits per heavy atom. The summed E-state index contributed by atoms with van der Waals surface area (Å²) in [5.41, 5.74) is 0.0870. The molecule has 0 radical (unpaired) electrons. The van der Waals surface area contributed by atoms with E-state index >= 15 is 0 Å². The van der Waals surface area contributed by atoms with Crippen molar-refractivity contribution in [3.8, 4) is 5.75 Å². The number of hydrogen-bond donors (Lipinski definition) is 2. The van der Waals surface area contributed by atoms with E-state index in [0.717, 1.165) is 13.1 Å². The summed E-state index contributed by atoms with van der Waals surface area (Å²) in [5, 5.41) is 16.8. The summed E-state index contributed by atoms with van der Waals surface area (Å²) in [6.07, 6.45) is 0. The summed E-state index contributed by atoms with van der Waals surface area (Å²) in [4.78, 5) is 35.6. The van der Waals surface area contributed by atoms with E-state index in [4.69, 9.17) is 4.74 Å². The molecule has 2 heterocycles. The van der Waals surface area contributed by atoms with E-state index < -0.39 is 10.8 Å². The number of nitrogens with one attached hydrogen (secondary N) is 2. The summed E-state index contributed by atoms with van der Waals surface area (Å²) in [6.45, 7) is 1.91. The summed E-state index contributed by atoms with van der Waals surface area (Å²) >= 11 is 0. The third-order valence-electron chi connectivity index (χ3n) is 3.85. The van der Waals surface area contributed by atoms with Crippen LogP contribution in [0.2, 0.25) is 0 Å². The van der Waals surface area contributed by atoms with Gasteiger partial charge in [0.15, 0.2) is 6.61 Å². The number of halogens is 1. The Morgan fingerprint density at radius 1 is 1.46 bits per heavy atom. The summed E-state index contributed by atoms with van der Waals surface area (Å²) in [7, 11) is 0. The maximum absolute atomic E-state index is 12.0. The Bertz CT molecular complexity index is 665. The number of ether oxygens (including phenoxy) is 1. The second-order valence-electron chi connectivity index (χ2n) is 5.51. The molecule has 0 bridgehead atoms. The molecule has 2 N–H and O–H groups in total. The molecule has 2 amide bonds. The van der Waals surface area contributed by atoms with E-state index in [2.05, 4.69) is 10.6 Å². The van der Waals surface area contributed by atoms with Gasteiger partial charge in [-0.2, -0.15) is 0 Å². The first-order valence-corrected chi connectivity index (χ1v) is 7.23. The normalized spacial score (nSPS) is 16.3. The Hall–Kier alpha value is -2.39. The first-order chi connectivity index (χ1) is 11.0. The first-order valence-electron chi connectivity index (χ1n) is 7.23. The minimum atomic E-state index is -0.554. The molecule has 24 heavy (non-hydrogen) atoms. The van der Waals surface area contributed by atoms with E-state index in [-0.39, 0.29) is 42.8 Å². The average Bonchev–Trinajstić information content (AvgIpc) is 2.48. The molecule has 0 atom stereocenters. The van der Waals surface area contributed by atoms with Crippen LogP contribution in [0.25, 0.3) is 0 Å². The molecule has 0 aliphatic carbocycles. The zero-order valence-electron chi connectivity index (χ0n) is 12.7. The number of nitro groups is 1. The lowest BCUT2D eigenvalue weighted by Crippen LogP contribution is -2.50. The van der Waals surface area contributed by atoms with Gasteiger partial charge in [0, 0.05) is 37.7 Å². The largest absolute Gasteiger partial charge is 0.482 e. The van der Waals surface area contributed by atoms with E-state index in [1.165, 1.54) is 23.1 Å². The van der Waals surface area contributed by atoms with Crippen molar-refractivity contribution in [2.24, 2.45) is 5.92 Å². The zero-order valence-corrected chi connectivity index (χ0v) is 13.5. The molecule has 0 spiro atoms. The van der Waals surface area contributed by atoms with Crippen LogP contribution in [-0.4, -0.2) is 49.5 Å². The number of hydrogen-bond acceptors (Lipinski definition) is 6. The number of carbonyl (C=O) groups is 2. The SMILES string of the molecule is Cl.O=C(CN1C(=O)COc2ccc([N+](=O)[O-])cc21)NCC1CNC1. The van der Waals surface area contributed by atoms with Crippen LogP contribution in [0.1, 0.15) is 0 Å². The molecule has 0 aromatic heterocycles. The van der Waals surface area contributed by atoms with Crippen LogP contribution in [-0.2, 0) is 9.59 Å². The summed E-state index contributed by atoms with van der Waals surface area (Å²) in [6, 6.07) is 3.98. The molecule has 10 heteroatoms. The van der Waals surface area contributed by atoms with Gasteiger partial charge < -0.3 is 15.4 Å². The molecule has 0 saturated carbocycles. The fourth-order valence-electron chi connectivity index (χ4n) is 2.43. The number of benzene rings is 1. The summed E-state index contributed by atoms with van der Waals surface area (Å²) in [5.74, 6) is 0.0574. The highest BCUT2D eigenvalue weighted by Crippen LogP contribution is 2.35. The maximum Gasteiger partial charge on any atom is 0.271 e. The van der Waals surface area contributed by atoms with E-state index in [0.29, 0.717) is 18.2 Å². The van der Waals surface area contributed by atoms with Crippen LogP contribution >= 0.6 is 12.4 Å². The Kier molecular flexibility index (Phi) is 5.58. The maximum atomic E-state index is 12.0. The van der Waals surface area contributed by atoms with Crippen molar-refractivity contribution in [1.29, 1.82) is 0 Å². The number of rotatable bonds is 5. The third-order valence-corrected chi connectivity index (χ3v) is 3.85. The molecule has 3 rings (SSSR count). The predicted molar refractivity (Wildman–Crippen MR) is 87.6 cm³/mol. The van der Waals surface area contributed by atoms with Crippen molar-refractivity contribution in [2.45, 2.75) is 0 Å². The van der Waals surface area contributed by atoms with Crippen LogP contribution in [0.15, 0.2) is 18.2 Å². The smallest absolute Gasteiger partial charge is 0.271 e. The zero-order chi connectivity index (χ0) is 16.4. The number of nitrogens with zero attached hydrogens (tertiary/aromatic N) is 2. The van der Waals surface area contributed by atoms with Crippen molar-refractivity contribution in [3.63, 3.8) is 0 Å². The molecular weight excluding hydrogens is 340 g/mol. The van der Waals surface area contributed by atoms with Gasteiger partial charge in [-0.15, -0.1) is 12.4 Å². The quantitative estimate of drug-likeness (QED) is 0.570. The third kappa shape index (κ3) is 3.74. The molecule has 1 aromatic carbocycles. The van der Waals surface area contributed by atoms with Crippen molar-refractivity contribution in [3.05, 3.63) is 28.3 Å². The van der Waals surface area contributed by atoms with Gasteiger partial charge >= 0.3 is 0 Å². The highest BCUT2D eigenvalue weighted by molar-refractivity contribution is 6.02. The number of fused-ring (bicyclic) bond motifs is 1. The van der Waals surface area contributed by atoms with Gasteiger partial charge in [-0.1, -0.05) is 0 Å². The van der Waals surface area contributed by atoms with E-state index in [1.807, 2.05) is 0 Å². The van der Waals surface area contributed by atoms with Gasteiger partial charge in [0.2, 0.25) is 5.91 Å². The molecule has 2 aliphatic rings. The van der Waals surface area contributed by atoms with Crippen molar-refractivity contribution in [2.75, 3.05) is 37.7 Å². The second kappa shape index (κ2) is 7.45. The van der Waals surface area contributed by atoms with Crippen molar-refractivity contribution < 1.29 is 19.2 Å². The standard InChI is InChI=1S/C14H16N4O5.ClH/c19-13(16-6-9-4-15-5-9)7-17-11-3-10(18(21)22)1-2-12(11)23-8-14(17)20;/h1-3,9,15H,4-8H2,(H,16,19);1H. The van der Waals surface area contributed by atoms with Crippen LogP contribution in [0.3, 0.4) is 0 Å². The Labute approximate surface area is 143 Å². The van der Waals surface area contributed by atoms with Gasteiger partial charge in [-0.05, 0) is 6.07 Å². The molecule has 1 fully saturated rings. The molecule has 1 saturated heterocycles. The van der Waals surface area contributed by atoms with Gasteiger partial charge in [0.05, 0.1) is 10.6 Å². The topological polar surface area (TPSA) is 114 Å². The number of amides is 2. The number of anilines is 1. The fourth-order valence-corrected chi connectivity index (χ4v) is 2.43. The van der Waals surface area contributed by atoms with E-state index in [1.54, 1.807) is 0 Å². The number of nitro benzene ring substituents is 1. The number of carbonyl (C=O) groups excluding carboxylic acids is 2. The second-order valence-corrected chi connectivity index (χ2v) is 5.51. The Morgan fingerprint density at radius 3 is 2.83 bits per heavy atom. The van der Waals surface area contributed by atoms with Crippen LogP contribution < -0.4 is 20.3 Å². The average molecular weight is 357 g/mol. The van der Waals surface area contributed by atoms with Crippen LogP contribution in [0.5, 0.6) is 5.75 Å². The number of non-ortho nitro benzene ring substituents is 1. The minimum Gasteiger partial charge on any atom is -0.482 e. The molecule has 2 aliphatic heterocycles. The first kappa shape index (κ1) is 18.0. The highest BCUT2D eigenvalue weighted by atomic mass is 35.5. The van der Waals surface area contributed by atoms with Gasteiger partial charge in [-0.25, -0.2) is 0 Å². The molecular formula is C14H17ClN4O5. The molecule has 1 aromatic rings. The van der Waals surface area contributed by atoms with Gasteiger partial charge in [0.25, 0.3) is 11.6 Å². The summed E-state index contributed by atoms with van der Waals surface area (Å²) < 4.78 is 5.25. The van der Waals surface area contributed by atoms with Crippen LogP contribution in [0.4, 0.5) is 11.4 Å². The lowest BCUT2D eigenvalue weighted by atomic mass is 10.0. The van der Waals surface area contributed by atoms with E-state index in [9.17, 15) is 19.7 Å². The predicted octanol–water partition coefficient (Wildman–Crippen LogP) is 0.0776.